The monoisotopic (exact) mass is 168 g/mol. The second-order valence-electron chi connectivity index (χ2n) is 5.14. The molecule has 0 aromatic rings. The van der Waals surface area contributed by atoms with Crippen LogP contribution < -0.4 is 0 Å². The number of fused-ring (bicyclic) bond motifs is 2. The van der Waals surface area contributed by atoms with Crippen LogP contribution in [0, 0.1) is 11.3 Å². The summed E-state index contributed by atoms with van der Waals surface area (Å²) in [6.45, 7) is 4.53. The molecule has 0 amide bonds. The Morgan fingerprint density at radius 1 is 1.25 bits per heavy atom. The van der Waals surface area contributed by atoms with Gasteiger partial charge in [0.05, 0.1) is 5.60 Å². The van der Waals surface area contributed by atoms with Crippen LogP contribution in [0.2, 0.25) is 0 Å². The topological polar surface area (TPSA) is 9.23 Å². The molecule has 2 aliphatic rings. The summed E-state index contributed by atoms with van der Waals surface area (Å²) in [4.78, 5) is 0. The van der Waals surface area contributed by atoms with Crippen LogP contribution in [0.5, 0.6) is 0 Å². The van der Waals surface area contributed by atoms with Crippen molar-refractivity contribution in [1.82, 2.24) is 0 Å². The lowest BCUT2D eigenvalue weighted by Crippen LogP contribution is -2.42. The molecule has 2 fully saturated rings. The third kappa shape index (κ3) is 0.953. The molecule has 0 N–H and O–H groups in total. The summed E-state index contributed by atoms with van der Waals surface area (Å²) in [7, 11) is 1.86. The first-order valence-electron chi connectivity index (χ1n) is 5.15. The van der Waals surface area contributed by atoms with E-state index in [1.807, 2.05) is 7.11 Å². The van der Waals surface area contributed by atoms with Crippen molar-refractivity contribution in [1.29, 1.82) is 0 Å². The first kappa shape index (κ1) is 8.55. The van der Waals surface area contributed by atoms with Crippen molar-refractivity contribution in [3.8, 4) is 0 Å². The Labute approximate surface area is 75.5 Å². The number of hydrogen-bond acceptors (Lipinski definition) is 1. The summed E-state index contributed by atoms with van der Waals surface area (Å²) in [5.74, 6) is 1.03. The second-order valence-corrected chi connectivity index (χ2v) is 5.14. The number of hydrogen-bond donors (Lipinski definition) is 0. The molecule has 2 aliphatic carbocycles. The van der Waals surface area contributed by atoms with E-state index in [-0.39, 0.29) is 5.60 Å². The largest absolute Gasteiger partial charge is 0.378 e. The molecule has 0 heterocycles. The first-order chi connectivity index (χ1) is 5.60. The number of ether oxygens (including phenoxy) is 1. The first-order valence-corrected chi connectivity index (χ1v) is 5.15. The Bertz CT molecular complexity index is 175. The maximum atomic E-state index is 5.64. The van der Waals surface area contributed by atoms with Crippen molar-refractivity contribution >= 4 is 0 Å². The van der Waals surface area contributed by atoms with Gasteiger partial charge in [0.25, 0.3) is 0 Å². The molecule has 1 nitrogen and oxygen atoms in total. The zero-order valence-electron chi connectivity index (χ0n) is 8.52. The lowest BCUT2D eigenvalue weighted by molar-refractivity contribution is -0.0833. The predicted molar refractivity (Wildman–Crippen MR) is 50.1 cm³/mol. The van der Waals surface area contributed by atoms with E-state index in [1.165, 1.54) is 32.1 Å². The standard InChI is InChI=1S/C11H20O/c1-10(2,12-3)11-6-4-9(8-11)5-7-11/h9H,4-8H2,1-3H3. The summed E-state index contributed by atoms with van der Waals surface area (Å²) in [6.07, 6.45) is 7.13. The van der Waals surface area contributed by atoms with Gasteiger partial charge in [-0.05, 0) is 57.3 Å². The normalized spacial score (nSPS) is 40.8. The Kier molecular flexibility index (Phi) is 1.76. The van der Waals surface area contributed by atoms with Gasteiger partial charge in [0, 0.05) is 7.11 Å². The summed E-state index contributed by atoms with van der Waals surface area (Å²) in [6, 6.07) is 0. The Morgan fingerprint density at radius 2 is 1.83 bits per heavy atom. The number of methoxy groups -OCH3 is 1. The average Bonchev–Trinajstić information content (AvgIpc) is 2.64. The van der Waals surface area contributed by atoms with E-state index in [0.29, 0.717) is 5.41 Å². The SMILES string of the molecule is COC(C)(C)C12CCC(CC1)C2. The summed E-state index contributed by atoms with van der Waals surface area (Å²) in [5.41, 5.74) is 0.644. The fourth-order valence-electron chi connectivity index (χ4n) is 3.26. The van der Waals surface area contributed by atoms with Crippen molar-refractivity contribution in [2.75, 3.05) is 7.11 Å². The molecule has 0 aliphatic heterocycles. The lowest BCUT2D eigenvalue weighted by atomic mass is 9.71. The van der Waals surface area contributed by atoms with E-state index in [4.69, 9.17) is 4.74 Å². The molecule has 12 heavy (non-hydrogen) atoms. The van der Waals surface area contributed by atoms with Crippen LogP contribution in [0.15, 0.2) is 0 Å². The highest BCUT2D eigenvalue weighted by Gasteiger charge is 2.53. The minimum absolute atomic E-state index is 0.109. The van der Waals surface area contributed by atoms with Gasteiger partial charge in [-0.1, -0.05) is 0 Å². The van der Waals surface area contributed by atoms with Crippen LogP contribution in [-0.2, 0) is 4.74 Å². The smallest absolute Gasteiger partial charge is 0.0678 e. The highest BCUT2D eigenvalue weighted by atomic mass is 16.5. The van der Waals surface area contributed by atoms with E-state index < -0.39 is 0 Å². The van der Waals surface area contributed by atoms with Gasteiger partial charge < -0.3 is 4.74 Å². The average molecular weight is 168 g/mol. The molecule has 0 saturated heterocycles. The molecule has 2 saturated carbocycles. The Hall–Kier alpha value is -0.0400. The molecule has 2 rings (SSSR count). The highest BCUT2D eigenvalue weighted by Crippen LogP contribution is 2.60. The summed E-state index contributed by atoms with van der Waals surface area (Å²) >= 11 is 0. The minimum Gasteiger partial charge on any atom is -0.378 e. The van der Waals surface area contributed by atoms with Gasteiger partial charge in [-0.25, -0.2) is 0 Å². The van der Waals surface area contributed by atoms with Crippen molar-refractivity contribution in [3.05, 3.63) is 0 Å². The van der Waals surface area contributed by atoms with Crippen molar-refractivity contribution in [2.24, 2.45) is 11.3 Å². The molecule has 0 unspecified atom stereocenters. The molecule has 1 heteroatoms. The molecule has 0 aromatic carbocycles. The van der Waals surface area contributed by atoms with Crippen molar-refractivity contribution < 1.29 is 4.74 Å². The molecular formula is C11H20O. The summed E-state index contributed by atoms with van der Waals surface area (Å²) in [5, 5.41) is 0. The second kappa shape index (κ2) is 2.47. The van der Waals surface area contributed by atoms with Gasteiger partial charge >= 0.3 is 0 Å². The van der Waals surface area contributed by atoms with Crippen LogP contribution in [0.4, 0.5) is 0 Å². The lowest BCUT2D eigenvalue weighted by Gasteiger charge is -2.42. The van der Waals surface area contributed by atoms with Gasteiger partial charge in [0.1, 0.15) is 0 Å². The Balaban J connectivity index is 2.21. The Morgan fingerprint density at radius 3 is 2.17 bits per heavy atom. The van der Waals surface area contributed by atoms with Gasteiger partial charge in [0.15, 0.2) is 0 Å². The molecule has 0 atom stereocenters. The van der Waals surface area contributed by atoms with Gasteiger partial charge in [-0.15, -0.1) is 0 Å². The van der Waals surface area contributed by atoms with Crippen LogP contribution in [0.1, 0.15) is 46.0 Å². The van der Waals surface area contributed by atoms with Crippen LogP contribution >= 0.6 is 0 Å². The molecule has 0 aromatic heterocycles. The highest BCUT2D eigenvalue weighted by molar-refractivity contribution is 5.04. The predicted octanol–water partition coefficient (Wildman–Crippen LogP) is 2.99. The van der Waals surface area contributed by atoms with Crippen LogP contribution in [0.3, 0.4) is 0 Å². The number of rotatable bonds is 2. The molecule has 0 radical (unpaired) electrons. The van der Waals surface area contributed by atoms with E-state index in [2.05, 4.69) is 13.8 Å². The third-order valence-corrected chi connectivity index (χ3v) is 4.53. The van der Waals surface area contributed by atoms with E-state index in [1.54, 1.807) is 0 Å². The van der Waals surface area contributed by atoms with E-state index in [0.717, 1.165) is 5.92 Å². The maximum Gasteiger partial charge on any atom is 0.0678 e. The van der Waals surface area contributed by atoms with Crippen molar-refractivity contribution in [3.63, 3.8) is 0 Å². The maximum absolute atomic E-state index is 5.64. The van der Waals surface area contributed by atoms with E-state index in [9.17, 15) is 0 Å². The van der Waals surface area contributed by atoms with Crippen LogP contribution in [-0.4, -0.2) is 12.7 Å². The zero-order chi connectivity index (χ0) is 8.82. The third-order valence-electron chi connectivity index (χ3n) is 4.53. The van der Waals surface area contributed by atoms with Crippen LogP contribution in [0.25, 0.3) is 0 Å². The zero-order valence-corrected chi connectivity index (χ0v) is 8.52. The minimum atomic E-state index is 0.109. The van der Waals surface area contributed by atoms with Gasteiger partial charge in [-0.3, -0.25) is 0 Å². The van der Waals surface area contributed by atoms with Gasteiger partial charge in [-0.2, -0.15) is 0 Å². The molecule has 0 spiro atoms. The fraction of sp³-hybridized carbons (Fsp3) is 1.00. The van der Waals surface area contributed by atoms with Gasteiger partial charge in [0.2, 0.25) is 0 Å². The van der Waals surface area contributed by atoms with Crippen molar-refractivity contribution in [2.45, 2.75) is 51.6 Å². The van der Waals surface area contributed by atoms with E-state index >= 15 is 0 Å². The summed E-state index contributed by atoms with van der Waals surface area (Å²) < 4.78 is 5.64. The fourth-order valence-corrected chi connectivity index (χ4v) is 3.26. The molecular weight excluding hydrogens is 148 g/mol. The molecule has 70 valence electrons. The molecule has 2 bridgehead atoms. The quantitative estimate of drug-likeness (QED) is 0.616.